The van der Waals surface area contributed by atoms with Crippen molar-refractivity contribution in [3.8, 4) is 0 Å². The number of rotatable bonds is 4. The van der Waals surface area contributed by atoms with Gasteiger partial charge in [-0.05, 0) is 42.7 Å². The van der Waals surface area contributed by atoms with Crippen molar-refractivity contribution >= 4 is 23.3 Å². The van der Waals surface area contributed by atoms with Crippen LogP contribution in [0.5, 0.6) is 0 Å². The molecule has 0 aromatic heterocycles. The number of hydrogen-bond donors (Lipinski definition) is 1. The summed E-state index contributed by atoms with van der Waals surface area (Å²) >= 11 is 6.14. The maximum atomic E-state index is 12.3. The zero-order valence-electron chi connectivity index (χ0n) is 14.5. The van der Waals surface area contributed by atoms with Crippen molar-refractivity contribution < 1.29 is 4.79 Å². The zero-order valence-corrected chi connectivity index (χ0v) is 15.3. The standard InChI is InChI=1S/C20H24ClN3O/c1-16-5-4-7-18(15-16)23-11-13-24(14-12-23)20(25)22-10-9-17-6-2-3-8-19(17)21/h2-8,15H,9-14H2,1H3,(H,22,25). The molecule has 1 aliphatic rings. The Kier molecular flexibility index (Phi) is 5.82. The summed E-state index contributed by atoms with van der Waals surface area (Å²) in [5, 5.41) is 3.75. The van der Waals surface area contributed by atoms with Gasteiger partial charge in [0.25, 0.3) is 0 Å². The second kappa shape index (κ2) is 8.26. The van der Waals surface area contributed by atoms with Crippen LogP contribution in [0.2, 0.25) is 5.02 Å². The molecule has 1 fully saturated rings. The van der Waals surface area contributed by atoms with Gasteiger partial charge in [-0.15, -0.1) is 0 Å². The van der Waals surface area contributed by atoms with E-state index in [-0.39, 0.29) is 6.03 Å². The summed E-state index contributed by atoms with van der Waals surface area (Å²) in [5.41, 5.74) is 3.56. The Balaban J connectivity index is 1.45. The smallest absolute Gasteiger partial charge is 0.317 e. The highest BCUT2D eigenvalue weighted by Crippen LogP contribution is 2.18. The summed E-state index contributed by atoms with van der Waals surface area (Å²) in [6.07, 6.45) is 0.745. The number of aryl methyl sites for hydroxylation is 1. The van der Waals surface area contributed by atoms with E-state index in [4.69, 9.17) is 11.6 Å². The van der Waals surface area contributed by atoms with Crippen molar-refractivity contribution in [2.75, 3.05) is 37.6 Å². The number of carbonyl (C=O) groups is 1. The minimum absolute atomic E-state index is 0.0101. The minimum atomic E-state index is 0.0101. The van der Waals surface area contributed by atoms with Crippen molar-refractivity contribution in [2.24, 2.45) is 0 Å². The van der Waals surface area contributed by atoms with Crippen molar-refractivity contribution in [1.82, 2.24) is 10.2 Å². The molecule has 2 amide bonds. The van der Waals surface area contributed by atoms with E-state index < -0.39 is 0 Å². The number of nitrogens with zero attached hydrogens (tertiary/aromatic N) is 2. The summed E-state index contributed by atoms with van der Waals surface area (Å²) in [5.74, 6) is 0. The first-order chi connectivity index (χ1) is 12.1. The van der Waals surface area contributed by atoms with Gasteiger partial charge in [0, 0.05) is 43.4 Å². The van der Waals surface area contributed by atoms with E-state index in [1.807, 2.05) is 29.2 Å². The monoisotopic (exact) mass is 357 g/mol. The fraction of sp³-hybridized carbons (Fsp3) is 0.350. The molecule has 0 bridgehead atoms. The van der Waals surface area contributed by atoms with Gasteiger partial charge in [0.2, 0.25) is 0 Å². The number of benzene rings is 2. The third-order valence-electron chi connectivity index (χ3n) is 4.56. The summed E-state index contributed by atoms with van der Waals surface area (Å²) in [4.78, 5) is 16.6. The quantitative estimate of drug-likeness (QED) is 0.905. The Hall–Kier alpha value is -2.20. The van der Waals surface area contributed by atoms with Crippen LogP contribution >= 0.6 is 11.6 Å². The molecule has 0 unspecified atom stereocenters. The molecule has 25 heavy (non-hydrogen) atoms. The van der Waals surface area contributed by atoms with Crippen molar-refractivity contribution in [1.29, 1.82) is 0 Å². The molecule has 1 heterocycles. The van der Waals surface area contributed by atoms with Crippen molar-refractivity contribution in [3.63, 3.8) is 0 Å². The summed E-state index contributed by atoms with van der Waals surface area (Å²) < 4.78 is 0. The third kappa shape index (κ3) is 4.67. The minimum Gasteiger partial charge on any atom is -0.368 e. The Morgan fingerprint density at radius 1 is 1.08 bits per heavy atom. The van der Waals surface area contributed by atoms with Gasteiger partial charge in [0.1, 0.15) is 0 Å². The van der Waals surface area contributed by atoms with Crippen LogP contribution in [-0.2, 0) is 6.42 Å². The molecular weight excluding hydrogens is 334 g/mol. The van der Waals surface area contributed by atoms with E-state index in [1.165, 1.54) is 11.3 Å². The van der Waals surface area contributed by atoms with Gasteiger partial charge in [-0.2, -0.15) is 0 Å². The van der Waals surface area contributed by atoms with Crippen LogP contribution in [0.25, 0.3) is 0 Å². The molecule has 2 aromatic rings. The lowest BCUT2D eigenvalue weighted by atomic mass is 10.1. The second-order valence-electron chi connectivity index (χ2n) is 6.39. The van der Waals surface area contributed by atoms with Gasteiger partial charge in [-0.1, -0.05) is 41.9 Å². The van der Waals surface area contributed by atoms with Gasteiger partial charge < -0.3 is 15.1 Å². The molecule has 1 saturated heterocycles. The lowest BCUT2D eigenvalue weighted by molar-refractivity contribution is 0.194. The van der Waals surface area contributed by atoms with E-state index in [1.54, 1.807) is 0 Å². The summed E-state index contributed by atoms with van der Waals surface area (Å²) in [6.45, 7) is 5.91. The Morgan fingerprint density at radius 2 is 1.84 bits per heavy atom. The van der Waals surface area contributed by atoms with E-state index in [9.17, 15) is 4.79 Å². The van der Waals surface area contributed by atoms with Crippen LogP contribution in [0.1, 0.15) is 11.1 Å². The zero-order chi connectivity index (χ0) is 17.6. The molecule has 5 heteroatoms. The summed E-state index contributed by atoms with van der Waals surface area (Å²) in [6, 6.07) is 16.3. The molecule has 0 spiro atoms. The van der Waals surface area contributed by atoms with E-state index in [0.29, 0.717) is 6.54 Å². The number of hydrogen-bond acceptors (Lipinski definition) is 2. The van der Waals surface area contributed by atoms with Gasteiger partial charge in [-0.25, -0.2) is 4.79 Å². The van der Waals surface area contributed by atoms with Crippen LogP contribution in [0.15, 0.2) is 48.5 Å². The average Bonchev–Trinajstić information content (AvgIpc) is 2.63. The molecule has 0 atom stereocenters. The Labute approximate surface area is 154 Å². The highest BCUT2D eigenvalue weighted by molar-refractivity contribution is 6.31. The Morgan fingerprint density at radius 3 is 2.56 bits per heavy atom. The fourth-order valence-electron chi connectivity index (χ4n) is 3.11. The highest BCUT2D eigenvalue weighted by Gasteiger charge is 2.21. The molecule has 0 saturated carbocycles. The molecule has 0 aliphatic carbocycles. The first-order valence-corrected chi connectivity index (χ1v) is 9.09. The molecule has 0 radical (unpaired) electrons. The van der Waals surface area contributed by atoms with Gasteiger partial charge in [-0.3, -0.25) is 0 Å². The third-order valence-corrected chi connectivity index (χ3v) is 4.93. The number of amides is 2. The first-order valence-electron chi connectivity index (χ1n) is 8.71. The first kappa shape index (κ1) is 17.6. The Bertz CT molecular complexity index is 726. The largest absolute Gasteiger partial charge is 0.368 e. The number of halogens is 1. The lowest BCUT2D eigenvalue weighted by Crippen LogP contribution is -2.52. The fourth-order valence-corrected chi connectivity index (χ4v) is 3.34. The average molecular weight is 358 g/mol. The predicted octanol–water partition coefficient (Wildman–Crippen LogP) is 3.72. The molecule has 1 N–H and O–H groups in total. The molecular formula is C20H24ClN3O. The van der Waals surface area contributed by atoms with Crippen LogP contribution in [0.4, 0.5) is 10.5 Å². The van der Waals surface area contributed by atoms with Gasteiger partial charge in [0.15, 0.2) is 0 Å². The van der Waals surface area contributed by atoms with E-state index in [0.717, 1.165) is 43.2 Å². The van der Waals surface area contributed by atoms with Crippen LogP contribution in [-0.4, -0.2) is 43.7 Å². The number of nitrogens with one attached hydrogen (secondary N) is 1. The molecule has 2 aromatic carbocycles. The predicted molar refractivity (Wildman–Crippen MR) is 104 cm³/mol. The van der Waals surface area contributed by atoms with Gasteiger partial charge >= 0.3 is 6.03 Å². The number of urea groups is 1. The molecule has 4 nitrogen and oxygen atoms in total. The number of piperazine rings is 1. The van der Waals surface area contributed by atoms with Gasteiger partial charge in [0.05, 0.1) is 0 Å². The van der Waals surface area contributed by atoms with E-state index >= 15 is 0 Å². The number of carbonyl (C=O) groups excluding carboxylic acids is 1. The highest BCUT2D eigenvalue weighted by atomic mass is 35.5. The molecule has 3 rings (SSSR count). The normalized spacial score (nSPS) is 14.5. The number of anilines is 1. The van der Waals surface area contributed by atoms with E-state index in [2.05, 4.69) is 41.4 Å². The maximum Gasteiger partial charge on any atom is 0.317 e. The summed E-state index contributed by atoms with van der Waals surface area (Å²) in [7, 11) is 0. The topological polar surface area (TPSA) is 35.6 Å². The maximum absolute atomic E-state index is 12.3. The van der Waals surface area contributed by atoms with Crippen LogP contribution < -0.4 is 10.2 Å². The SMILES string of the molecule is Cc1cccc(N2CCN(C(=O)NCCc3ccccc3Cl)CC2)c1. The van der Waals surface area contributed by atoms with Crippen molar-refractivity contribution in [2.45, 2.75) is 13.3 Å². The lowest BCUT2D eigenvalue weighted by Gasteiger charge is -2.36. The van der Waals surface area contributed by atoms with Crippen LogP contribution in [0, 0.1) is 6.92 Å². The second-order valence-corrected chi connectivity index (χ2v) is 6.79. The molecule has 132 valence electrons. The molecule has 1 aliphatic heterocycles. The van der Waals surface area contributed by atoms with Crippen molar-refractivity contribution in [3.05, 3.63) is 64.7 Å². The van der Waals surface area contributed by atoms with Crippen LogP contribution in [0.3, 0.4) is 0 Å².